The molecule has 1 aliphatic rings. The van der Waals surface area contributed by atoms with Crippen LogP contribution in [-0.4, -0.2) is 37.3 Å². The van der Waals surface area contributed by atoms with Gasteiger partial charge in [-0.05, 0) is 17.7 Å². The highest BCUT2D eigenvalue weighted by Crippen LogP contribution is 2.34. The Morgan fingerprint density at radius 1 is 1.26 bits per heavy atom. The fraction of sp³-hybridized carbons (Fsp3) is 0.538. The lowest BCUT2D eigenvalue weighted by atomic mass is 10.0. The molecule has 1 aliphatic heterocycles. The van der Waals surface area contributed by atoms with Crippen LogP contribution in [0, 0.1) is 0 Å². The largest absolute Gasteiger partial charge is 0.390 e. The van der Waals surface area contributed by atoms with E-state index in [9.17, 15) is 13.2 Å². The molecule has 0 aliphatic carbocycles. The Balaban J connectivity index is 2.22. The summed E-state index contributed by atoms with van der Waals surface area (Å²) in [7, 11) is 0. The Bertz CT molecular complexity index is 417. The first kappa shape index (κ1) is 14.6. The topological polar surface area (TPSA) is 15.3 Å². The van der Waals surface area contributed by atoms with Crippen LogP contribution >= 0.6 is 11.6 Å². The van der Waals surface area contributed by atoms with Crippen molar-refractivity contribution in [1.82, 2.24) is 10.2 Å². The molecule has 1 fully saturated rings. The van der Waals surface area contributed by atoms with E-state index in [2.05, 4.69) is 5.32 Å². The summed E-state index contributed by atoms with van der Waals surface area (Å²) in [5, 5.41) is 3.62. The Kier molecular flexibility index (Phi) is 4.71. The molecule has 106 valence electrons. The molecule has 1 heterocycles. The van der Waals surface area contributed by atoms with Crippen molar-refractivity contribution in [3.05, 3.63) is 34.9 Å². The Labute approximate surface area is 115 Å². The highest BCUT2D eigenvalue weighted by molar-refractivity contribution is 6.30. The molecule has 1 N–H and O–H groups in total. The standard InChI is InChI=1S/C13H16ClF3N2/c14-11-3-1-2-10(8-11)12(9-13(15,16)17)19-6-4-18-5-7-19/h1-3,8,12,18H,4-7,9H2/t12-/m1/s1. The highest BCUT2D eigenvalue weighted by atomic mass is 35.5. The van der Waals surface area contributed by atoms with Gasteiger partial charge in [0.05, 0.1) is 6.42 Å². The molecule has 1 aromatic carbocycles. The third kappa shape index (κ3) is 4.37. The summed E-state index contributed by atoms with van der Waals surface area (Å²) in [4.78, 5) is 1.87. The summed E-state index contributed by atoms with van der Waals surface area (Å²) in [6.07, 6.45) is -5.02. The van der Waals surface area contributed by atoms with Gasteiger partial charge in [0.2, 0.25) is 0 Å². The van der Waals surface area contributed by atoms with Gasteiger partial charge in [-0.25, -0.2) is 0 Å². The number of halogens is 4. The minimum Gasteiger partial charge on any atom is -0.314 e. The van der Waals surface area contributed by atoms with Crippen molar-refractivity contribution in [3.8, 4) is 0 Å². The molecule has 0 amide bonds. The zero-order valence-corrected chi connectivity index (χ0v) is 11.1. The van der Waals surface area contributed by atoms with Gasteiger partial charge in [-0.15, -0.1) is 0 Å². The smallest absolute Gasteiger partial charge is 0.314 e. The summed E-state index contributed by atoms with van der Waals surface area (Å²) >= 11 is 5.89. The van der Waals surface area contributed by atoms with Gasteiger partial charge in [0.25, 0.3) is 0 Å². The molecule has 0 spiro atoms. The van der Waals surface area contributed by atoms with Crippen LogP contribution in [0.15, 0.2) is 24.3 Å². The SMILES string of the molecule is FC(F)(F)C[C@H](c1cccc(Cl)c1)N1CCNCC1. The molecule has 1 aromatic rings. The molecule has 0 bridgehead atoms. The highest BCUT2D eigenvalue weighted by Gasteiger charge is 2.35. The van der Waals surface area contributed by atoms with Crippen molar-refractivity contribution < 1.29 is 13.2 Å². The number of rotatable bonds is 3. The van der Waals surface area contributed by atoms with Gasteiger partial charge in [0.15, 0.2) is 0 Å². The first-order chi connectivity index (χ1) is 8.96. The lowest BCUT2D eigenvalue weighted by molar-refractivity contribution is -0.148. The van der Waals surface area contributed by atoms with E-state index < -0.39 is 18.6 Å². The van der Waals surface area contributed by atoms with E-state index in [4.69, 9.17) is 11.6 Å². The van der Waals surface area contributed by atoms with E-state index in [1.54, 1.807) is 24.3 Å². The predicted molar refractivity (Wildman–Crippen MR) is 69.3 cm³/mol. The molecule has 1 saturated heterocycles. The average molecular weight is 293 g/mol. The minimum absolute atomic E-state index is 0.472. The third-order valence-electron chi connectivity index (χ3n) is 3.25. The molecule has 6 heteroatoms. The number of hydrogen-bond donors (Lipinski definition) is 1. The fourth-order valence-corrected chi connectivity index (χ4v) is 2.58. The maximum atomic E-state index is 12.8. The van der Waals surface area contributed by atoms with Gasteiger partial charge >= 0.3 is 6.18 Å². The first-order valence-corrected chi connectivity index (χ1v) is 6.60. The Morgan fingerprint density at radius 2 is 1.95 bits per heavy atom. The number of hydrogen-bond acceptors (Lipinski definition) is 2. The average Bonchev–Trinajstić information content (AvgIpc) is 2.36. The zero-order valence-electron chi connectivity index (χ0n) is 10.4. The summed E-state index contributed by atoms with van der Waals surface area (Å²) in [5.41, 5.74) is 0.631. The lowest BCUT2D eigenvalue weighted by Gasteiger charge is -2.35. The Morgan fingerprint density at radius 3 is 2.53 bits per heavy atom. The van der Waals surface area contributed by atoms with Crippen LogP contribution in [0.4, 0.5) is 13.2 Å². The van der Waals surface area contributed by atoms with E-state index in [0.29, 0.717) is 23.7 Å². The first-order valence-electron chi connectivity index (χ1n) is 6.23. The molecule has 2 nitrogen and oxygen atoms in total. The molecule has 0 radical (unpaired) electrons. The fourth-order valence-electron chi connectivity index (χ4n) is 2.38. The second kappa shape index (κ2) is 6.11. The van der Waals surface area contributed by atoms with Crippen molar-refractivity contribution >= 4 is 11.6 Å². The van der Waals surface area contributed by atoms with Crippen molar-refractivity contribution in [2.45, 2.75) is 18.6 Å². The molecule has 1 atom stereocenters. The van der Waals surface area contributed by atoms with E-state index in [1.807, 2.05) is 4.90 Å². The van der Waals surface area contributed by atoms with E-state index >= 15 is 0 Å². The maximum Gasteiger partial charge on any atom is 0.390 e. The summed E-state index contributed by atoms with van der Waals surface area (Å²) in [5.74, 6) is 0. The van der Waals surface area contributed by atoms with Crippen LogP contribution in [-0.2, 0) is 0 Å². The van der Waals surface area contributed by atoms with Crippen molar-refractivity contribution in [3.63, 3.8) is 0 Å². The van der Waals surface area contributed by atoms with Gasteiger partial charge < -0.3 is 5.32 Å². The van der Waals surface area contributed by atoms with Gasteiger partial charge in [0.1, 0.15) is 0 Å². The molecule has 0 unspecified atom stereocenters. The van der Waals surface area contributed by atoms with Gasteiger partial charge in [0, 0.05) is 37.2 Å². The van der Waals surface area contributed by atoms with Crippen molar-refractivity contribution in [2.75, 3.05) is 26.2 Å². The second-order valence-corrected chi connectivity index (χ2v) is 5.11. The number of nitrogens with zero attached hydrogens (tertiary/aromatic N) is 1. The van der Waals surface area contributed by atoms with Crippen LogP contribution in [0.1, 0.15) is 18.0 Å². The predicted octanol–water partition coefficient (Wildman–Crippen LogP) is 3.24. The van der Waals surface area contributed by atoms with Crippen LogP contribution in [0.3, 0.4) is 0 Å². The number of piperazine rings is 1. The molecule has 19 heavy (non-hydrogen) atoms. The normalized spacial score (nSPS) is 19.4. The Hall–Kier alpha value is -0.780. The van der Waals surface area contributed by atoms with Crippen LogP contribution in [0.5, 0.6) is 0 Å². The second-order valence-electron chi connectivity index (χ2n) is 4.68. The lowest BCUT2D eigenvalue weighted by Crippen LogP contribution is -2.46. The molecule has 0 saturated carbocycles. The van der Waals surface area contributed by atoms with Crippen LogP contribution in [0.25, 0.3) is 0 Å². The zero-order chi connectivity index (χ0) is 13.9. The van der Waals surface area contributed by atoms with Gasteiger partial charge in [-0.1, -0.05) is 23.7 Å². The molecular formula is C13H16ClF3N2. The van der Waals surface area contributed by atoms with Crippen molar-refractivity contribution in [1.29, 1.82) is 0 Å². The molecule has 0 aromatic heterocycles. The maximum absolute atomic E-state index is 12.8. The minimum atomic E-state index is -4.18. The summed E-state index contributed by atoms with van der Waals surface area (Å²) in [6, 6.07) is 6.06. The number of alkyl halides is 3. The summed E-state index contributed by atoms with van der Waals surface area (Å²) < 4.78 is 38.3. The summed E-state index contributed by atoms with van der Waals surface area (Å²) in [6.45, 7) is 2.67. The van der Waals surface area contributed by atoms with Crippen LogP contribution < -0.4 is 5.32 Å². The van der Waals surface area contributed by atoms with E-state index in [-0.39, 0.29) is 0 Å². The molecule has 2 rings (SSSR count). The number of benzene rings is 1. The quantitative estimate of drug-likeness (QED) is 0.920. The van der Waals surface area contributed by atoms with E-state index in [1.165, 1.54) is 0 Å². The van der Waals surface area contributed by atoms with E-state index in [0.717, 1.165) is 13.1 Å². The third-order valence-corrected chi connectivity index (χ3v) is 3.49. The van der Waals surface area contributed by atoms with Crippen molar-refractivity contribution in [2.24, 2.45) is 0 Å². The molecular weight excluding hydrogens is 277 g/mol. The van der Waals surface area contributed by atoms with Crippen LogP contribution in [0.2, 0.25) is 5.02 Å². The van der Waals surface area contributed by atoms with Gasteiger partial charge in [-0.3, -0.25) is 4.90 Å². The monoisotopic (exact) mass is 292 g/mol. The number of nitrogens with one attached hydrogen (secondary N) is 1. The van der Waals surface area contributed by atoms with Gasteiger partial charge in [-0.2, -0.15) is 13.2 Å².